The quantitative estimate of drug-likeness (QED) is 0.765. The molecule has 2 N–H and O–H groups in total. The Kier molecular flexibility index (Phi) is 6.56. The van der Waals surface area contributed by atoms with Crippen molar-refractivity contribution in [2.75, 3.05) is 25.0 Å². The fraction of sp³-hybridized carbons (Fsp3) is 0.500. The van der Waals surface area contributed by atoms with E-state index in [9.17, 15) is 18.4 Å². The summed E-state index contributed by atoms with van der Waals surface area (Å²) in [6, 6.07) is 6.38. The minimum Gasteiger partial charge on any atom is -0.481 e. The lowest BCUT2D eigenvalue weighted by Gasteiger charge is -2.34. The average molecular weight is 358 g/mol. The summed E-state index contributed by atoms with van der Waals surface area (Å²) in [4.78, 5) is 25.5. The summed E-state index contributed by atoms with van der Waals surface area (Å²) < 4.78 is 25.1. The van der Waals surface area contributed by atoms with E-state index in [1.807, 2.05) is 6.92 Å². The number of anilines is 1. The molecule has 1 aliphatic heterocycles. The largest absolute Gasteiger partial charge is 0.481 e. The molecule has 2 unspecified atom stereocenters. The number of aliphatic carboxylic acids is 1. The highest BCUT2D eigenvalue weighted by Gasteiger charge is 2.30. The molecule has 5 nitrogen and oxygen atoms in total. The number of amides is 1. The van der Waals surface area contributed by atoms with Crippen LogP contribution in [0.4, 0.5) is 14.5 Å². The van der Waals surface area contributed by atoms with Crippen molar-refractivity contribution in [2.24, 2.45) is 11.8 Å². The number of nitrogens with one attached hydrogen (secondary N) is 1. The number of hydrogen-bond donors (Lipinski definition) is 2. The summed E-state index contributed by atoms with van der Waals surface area (Å²) in [5.41, 5.74) is 0.340. The normalized spacial score (nSPS) is 21.7. The SMILES string of the molecule is CC1CC(C(=O)O)CN(CC(=O)Nc2ccccc2SC(F)F)C1. The molecule has 8 heteroatoms. The van der Waals surface area contributed by atoms with Crippen LogP contribution < -0.4 is 5.32 Å². The standard InChI is InChI=1S/C16H20F2N2O3S/c1-10-6-11(15(22)23)8-20(7-10)9-14(21)19-12-4-2-3-5-13(12)24-16(17)18/h2-5,10-11,16H,6-9H2,1H3,(H,19,21)(H,22,23). The summed E-state index contributed by atoms with van der Waals surface area (Å²) in [6.45, 7) is 2.96. The number of piperidine rings is 1. The smallest absolute Gasteiger partial charge is 0.307 e. The predicted molar refractivity (Wildman–Crippen MR) is 88.3 cm³/mol. The Hall–Kier alpha value is -1.67. The van der Waals surface area contributed by atoms with Gasteiger partial charge in [-0.1, -0.05) is 30.8 Å². The second-order valence-electron chi connectivity index (χ2n) is 5.99. The van der Waals surface area contributed by atoms with Crippen molar-refractivity contribution in [1.29, 1.82) is 0 Å². The van der Waals surface area contributed by atoms with Crippen molar-refractivity contribution >= 4 is 29.3 Å². The number of halogens is 2. The van der Waals surface area contributed by atoms with Crippen LogP contribution in [-0.4, -0.2) is 47.3 Å². The second-order valence-corrected chi connectivity index (χ2v) is 7.02. The number of hydrogen-bond acceptors (Lipinski definition) is 4. The summed E-state index contributed by atoms with van der Waals surface area (Å²) >= 11 is 0.378. The van der Waals surface area contributed by atoms with Gasteiger partial charge in [0.25, 0.3) is 5.76 Å². The number of carboxylic acids is 1. The second kappa shape index (κ2) is 8.43. The Bertz CT molecular complexity index is 600. The lowest BCUT2D eigenvalue weighted by atomic mass is 9.90. The molecule has 1 amide bonds. The Morgan fingerprint density at radius 1 is 1.38 bits per heavy atom. The third-order valence-corrected chi connectivity index (χ3v) is 4.62. The van der Waals surface area contributed by atoms with Crippen LogP contribution in [-0.2, 0) is 9.59 Å². The lowest BCUT2D eigenvalue weighted by Crippen LogP contribution is -2.45. The van der Waals surface area contributed by atoms with E-state index in [1.54, 1.807) is 23.1 Å². The molecule has 2 rings (SSSR count). The van der Waals surface area contributed by atoms with E-state index in [0.717, 1.165) is 0 Å². The zero-order valence-electron chi connectivity index (χ0n) is 13.2. The number of nitrogens with zero attached hydrogens (tertiary/aromatic N) is 1. The molecule has 1 fully saturated rings. The number of para-hydroxylation sites is 1. The number of likely N-dealkylation sites (tertiary alicyclic amines) is 1. The molecular weight excluding hydrogens is 338 g/mol. The van der Waals surface area contributed by atoms with Crippen molar-refractivity contribution in [1.82, 2.24) is 4.90 Å². The minimum absolute atomic E-state index is 0.0435. The van der Waals surface area contributed by atoms with Gasteiger partial charge >= 0.3 is 5.97 Å². The van der Waals surface area contributed by atoms with Crippen LogP contribution in [0.1, 0.15) is 13.3 Å². The van der Waals surface area contributed by atoms with E-state index in [4.69, 9.17) is 5.11 Å². The first kappa shape index (κ1) is 18.7. The maximum Gasteiger partial charge on any atom is 0.307 e. The number of carboxylic acid groups (broad SMARTS) is 1. The lowest BCUT2D eigenvalue weighted by molar-refractivity contribution is -0.144. The van der Waals surface area contributed by atoms with Gasteiger partial charge in [-0.15, -0.1) is 0 Å². The number of rotatable bonds is 6. The highest BCUT2D eigenvalue weighted by atomic mass is 32.2. The van der Waals surface area contributed by atoms with Crippen LogP contribution in [0.3, 0.4) is 0 Å². The van der Waals surface area contributed by atoms with Gasteiger partial charge < -0.3 is 10.4 Å². The molecule has 1 saturated heterocycles. The zero-order chi connectivity index (χ0) is 17.7. The van der Waals surface area contributed by atoms with Crippen molar-refractivity contribution < 1.29 is 23.5 Å². The molecule has 0 bridgehead atoms. The van der Waals surface area contributed by atoms with Gasteiger partial charge in [-0.3, -0.25) is 14.5 Å². The molecule has 0 aliphatic carbocycles. The van der Waals surface area contributed by atoms with E-state index in [0.29, 0.717) is 41.9 Å². The van der Waals surface area contributed by atoms with Gasteiger partial charge in [0.05, 0.1) is 18.2 Å². The van der Waals surface area contributed by atoms with Crippen LogP contribution >= 0.6 is 11.8 Å². The number of alkyl halides is 2. The number of carbonyl (C=O) groups excluding carboxylic acids is 1. The van der Waals surface area contributed by atoms with Gasteiger partial charge in [-0.25, -0.2) is 0 Å². The van der Waals surface area contributed by atoms with Crippen LogP contribution in [0.25, 0.3) is 0 Å². The van der Waals surface area contributed by atoms with E-state index in [-0.39, 0.29) is 18.4 Å². The zero-order valence-corrected chi connectivity index (χ0v) is 14.1. The monoisotopic (exact) mass is 358 g/mol. The maximum atomic E-state index is 12.6. The molecule has 132 valence electrons. The third kappa shape index (κ3) is 5.45. The third-order valence-electron chi connectivity index (χ3n) is 3.83. The first-order valence-corrected chi connectivity index (χ1v) is 8.52. The topological polar surface area (TPSA) is 69.6 Å². The van der Waals surface area contributed by atoms with E-state index < -0.39 is 17.6 Å². The van der Waals surface area contributed by atoms with Gasteiger partial charge in [-0.05, 0) is 24.5 Å². The van der Waals surface area contributed by atoms with Crippen molar-refractivity contribution in [2.45, 2.75) is 24.0 Å². The molecule has 2 atom stereocenters. The Morgan fingerprint density at radius 2 is 2.08 bits per heavy atom. The summed E-state index contributed by atoms with van der Waals surface area (Å²) in [5, 5.41) is 11.8. The summed E-state index contributed by atoms with van der Waals surface area (Å²) in [5.74, 6) is -4.05. The number of thioether (sulfide) groups is 1. The molecule has 24 heavy (non-hydrogen) atoms. The molecule has 0 radical (unpaired) electrons. The van der Waals surface area contributed by atoms with Crippen molar-refractivity contribution in [3.63, 3.8) is 0 Å². The van der Waals surface area contributed by atoms with Crippen LogP contribution in [0.2, 0.25) is 0 Å². The Morgan fingerprint density at radius 3 is 2.75 bits per heavy atom. The molecule has 1 heterocycles. The number of benzene rings is 1. The van der Waals surface area contributed by atoms with E-state index in [2.05, 4.69) is 5.32 Å². The molecule has 1 aromatic carbocycles. The van der Waals surface area contributed by atoms with E-state index >= 15 is 0 Å². The molecule has 1 aromatic rings. The van der Waals surface area contributed by atoms with E-state index in [1.165, 1.54) is 6.07 Å². The van der Waals surface area contributed by atoms with Gasteiger partial charge in [-0.2, -0.15) is 8.78 Å². The molecule has 0 spiro atoms. The minimum atomic E-state index is -2.57. The molecule has 1 aliphatic rings. The average Bonchev–Trinajstić information content (AvgIpc) is 2.48. The van der Waals surface area contributed by atoms with Gasteiger partial charge in [0.2, 0.25) is 5.91 Å². The van der Waals surface area contributed by atoms with Crippen LogP contribution in [0.15, 0.2) is 29.2 Å². The molecule has 0 saturated carbocycles. The fourth-order valence-electron chi connectivity index (χ4n) is 2.93. The Labute approximate surface area is 143 Å². The fourth-order valence-corrected chi connectivity index (χ4v) is 3.53. The van der Waals surface area contributed by atoms with Crippen molar-refractivity contribution in [3.05, 3.63) is 24.3 Å². The molecule has 0 aromatic heterocycles. The van der Waals surface area contributed by atoms with Crippen LogP contribution in [0.5, 0.6) is 0 Å². The Balaban J connectivity index is 1.97. The summed E-state index contributed by atoms with van der Waals surface area (Å²) in [6.07, 6.45) is 0.599. The summed E-state index contributed by atoms with van der Waals surface area (Å²) in [7, 11) is 0. The highest BCUT2D eigenvalue weighted by molar-refractivity contribution is 7.99. The maximum absolute atomic E-state index is 12.6. The first-order valence-electron chi connectivity index (χ1n) is 7.64. The molecular formula is C16H20F2N2O3S. The van der Waals surface area contributed by atoms with Gasteiger partial charge in [0.15, 0.2) is 0 Å². The van der Waals surface area contributed by atoms with Gasteiger partial charge in [0, 0.05) is 18.0 Å². The first-order chi connectivity index (χ1) is 11.3. The van der Waals surface area contributed by atoms with Crippen LogP contribution in [0, 0.1) is 11.8 Å². The van der Waals surface area contributed by atoms with Gasteiger partial charge in [0.1, 0.15) is 0 Å². The highest BCUT2D eigenvalue weighted by Crippen LogP contribution is 2.31. The predicted octanol–water partition coefficient (Wildman–Crippen LogP) is 2.98. The van der Waals surface area contributed by atoms with Crippen molar-refractivity contribution in [3.8, 4) is 0 Å². The number of carbonyl (C=O) groups is 2.